The molecule has 0 saturated carbocycles. The standard InChI is InChI=1S/C16H22O7/c1-21-13(18)11-6-4-5-8-16(14(19)22-2,15(20)23-3)9-7-12(17)10-11/h4-5,11H,6-10H2,1-3H3/b5-4-. The zero-order valence-corrected chi connectivity index (χ0v) is 13.6. The maximum absolute atomic E-state index is 12.1. The molecule has 0 bridgehead atoms. The van der Waals surface area contributed by atoms with Crippen LogP contribution >= 0.6 is 0 Å². The van der Waals surface area contributed by atoms with Crippen LogP contribution in [0.4, 0.5) is 0 Å². The van der Waals surface area contributed by atoms with Gasteiger partial charge >= 0.3 is 17.9 Å². The molecule has 0 fully saturated rings. The minimum atomic E-state index is -1.53. The van der Waals surface area contributed by atoms with Crippen molar-refractivity contribution < 1.29 is 33.4 Å². The number of carbonyl (C=O) groups is 4. The molecule has 0 heterocycles. The van der Waals surface area contributed by atoms with Gasteiger partial charge in [-0.1, -0.05) is 12.2 Å². The minimum absolute atomic E-state index is 0.00936. The summed E-state index contributed by atoms with van der Waals surface area (Å²) in [7, 11) is 3.64. The van der Waals surface area contributed by atoms with E-state index in [1.165, 1.54) is 21.3 Å². The fourth-order valence-electron chi connectivity index (χ4n) is 2.65. The van der Waals surface area contributed by atoms with Crippen molar-refractivity contribution in [1.29, 1.82) is 0 Å². The van der Waals surface area contributed by atoms with Crippen LogP contribution in [-0.4, -0.2) is 45.0 Å². The molecule has 0 aromatic rings. The number of hydrogen-bond acceptors (Lipinski definition) is 7. The smallest absolute Gasteiger partial charge is 0.323 e. The van der Waals surface area contributed by atoms with Crippen molar-refractivity contribution in [2.45, 2.75) is 32.1 Å². The van der Waals surface area contributed by atoms with Crippen LogP contribution in [-0.2, 0) is 33.4 Å². The highest BCUT2D eigenvalue weighted by molar-refractivity contribution is 6.00. The molecule has 0 amide bonds. The van der Waals surface area contributed by atoms with E-state index in [1.807, 2.05) is 0 Å². The summed E-state index contributed by atoms with van der Waals surface area (Å²) in [5.74, 6) is -2.67. The Morgan fingerprint density at radius 3 is 2.17 bits per heavy atom. The molecule has 0 radical (unpaired) electrons. The number of rotatable bonds is 3. The van der Waals surface area contributed by atoms with Crippen molar-refractivity contribution in [3.8, 4) is 0 Å². The third kappa shape index (κ3) is 4.40. The summed E-state index contributed by atoms with van der Waals surface area (Å²) in [5, 5.41) is 0. The molecule has 7 heteroatoms. The van der Waals surface area contributed by atoms with E-state index in [0.29, 0.717) is 6.42 Å². The van der Waals surface area contributed by atoms with E-state index >= 15 is 0 Å². The first-order valence-corrected chi connectivity index (χ1v) is 7.32. The van der Waals surface area contributed by atoms with Crippen LogP contribution < -0.4 is 0 Å². The molecular weight excluding hydrogens is 304 g/mol. The van der Waals surface area contributed by atoms with Crippen molar-refractivity contribution in [3.63, 3.8) is 0 Å². The predicted octanol–water partition coefficient (Wildman–Crippen LogP) is 1.20. The molecule has 23 heavy (non-hydrogen) atoms. The van der Waals surface area contributed by atoms with Gasteiger partial charge in [-0.15, -0.1) is 0 Å². The van der Waals surface area contributed by atoms with Gasteiger partial charge < -0.3 is 14.2 Å². The Bertz CT molecular complexity index is 491. The van der Waals surface area contributed by atoms with Gasteiger partial charge in [0.25, 0.3) is 0 Å². The summed E-state index contributed by atoms with van der Waals surface area (Å²) >= 11 is 0. The Morgan fingerprint density at radius 1 is 1.04 bits per heavy atom. The molecule has 0 spiro atoms. The van der Waals surface area contributed by atoms with E-state index in [2.05, 4.69) is 4.74 Å². The van der Waals surface area contributed by atoms with Crippen LogP contribution in [0, 0.1) is 11.3 Å². The summed E-state index contributed by atoms with van der Waals surface area (Å²) in [6.07, 6.45) is 3.62. The lowest BCUT2D eigenvalue weighted by Gasteiger charge is -2.27. The first-order chi connectivity index (χ1) is 10.9. The largest absolute Gasteiger partial charge is 0.469 e. The lowest BCUT2D eigenvalue weighted by atomic mass is 9.77. The molecule has 1 atom stereocenters. The first-order valence-electron chi connectivity index (χ1n) is 7.32. The maximum atomic E-state index is 12.1. The highest BCUT2D eigenvalue weighted by Crippen LogP contribution is 2.34. The lowest BCUT2D eigenvalue weighted by molar-refractivity contribution is -0.169. The summed E-state index contributed by atoms with van der Waals surface area (Å²) in [5.41, 5.74) is -1.53. The van der Waals surface area contributed by atoms with Gasteiger partial charge in [0.2, 0.25) is 0 Å². The third-order valence-electron chi connectivity index (χ3n) is 4.05. The highest BCUT2D eigenvalue weighted by atomic mass is 16.5. The molecular formula is C16H22O7. The lowest BCUT2D eigenvalue weighted by Crippen LogP contribution is -2.41. The Hall–Kier alpha value is -2.18. The zero-order chi connectivity index (χ0) is 17.5. The van der Waals surface area contributed by atoms with Crippen LogP contribution in [0.3, 0.4) is 0 Å². The quantitative estimate of drug-likeness (QED) is 0.333. The van der Waals surface area contributed by atoms with Gasteiger partial charge in [0.1, 0.15) is 5.78 Å². The second-order valence-electron chi connectivity index (χ2n) is 5.44. The van der Waals surface area contributed by atoms with Gasteiger partial charge in [0.05, 0.1) is 27.2 Å². The number of esters is 3. The number of hydrogen-bond donors (Lipinski definition) is 0. The number of methoxy groups -OCH3 is 3. The van der Waals surface area contributed by atoms with Crippen LogP contribution in [0.15, 0.2) is 12.2 Å². The number of carbonyl (C=O) groups excluding carboxylic acids is 4. The Labute approximate surface area is 135 Å². The molecule has 1 aliphatic rings. The molecule has 0 aromatic carbocycles. The van der Waals surface area contributed by atoms with Gasteiger partial charge in [-0.25, -0.2) is 0 Å². The molecule has 128 valence electrons. The number of Topliss-reactive ketones (excluding diaryl/α,β-unsaturated/α-hetero) is 1. The summed E-state index contributed by atoms with van der Waals surface area (Å²) in [6.45, 7) is 0. The Kier molecular flexibility index (Phi) is 6.93. The van der Waals surface area contributed by atoms with Crippen molar-refractivity contribution in [2.75, 3.05) is 21.3 Å². The van der Waals surface area contributed by atoms with E-state index in [1.54, 1.807) is 12.2 Å². The van der Waals surface area contributed by atoms with E-state index in [4.69, 9.17) is 9.47 Å². The molecule has 0 aromatic heterocycles. The van der Waals surface area contributed by atoms with Crippen LogP contribution in [0.5, 0.6) is 0 Å². The van der Waals surface area contributed by atoms with Crippen molar-refractivity contribution >= 4 is 23.7 Å². The van der Waals surface area contributed by atoms with E-state index in [-0.39, 0.29) is 31.5 Å². The fourth-order valence-corrected chi connectivity index (χ4v) is 2.65. The van der Waals surface area contributed by atoms with Gasteiger partial charge in [-0.3, -0.25) is 19.2 Å². The second-order valence-corrected chi connectivity index (χ2v) is 5.44. The van der Waals surface area contributed by atoms with Gasteiger partial charge in [0, 0.05) is 12.8 Å². The summed E-state index contributed by atoms with van der Waals surface area (Å²) in [4.78, 5) is 48.0. The molecule has 1 rings (SSSR count). The van der Waals surface area contributed by atoms with Crippen LogP contribution in [0.2, 0.25) is 0 Å². The van der Waals surface area contributed by atoms with Crippen LogP contribution in [0.1, 0.15) is 32.1 Å². The molecule has 1 aliphatic carbocycles. The average Bonchev–Trinajstić information content (AvgIpc) is 2.58. The van der Waals surface area contributed by atoms with E-state index in [0.717, 1.165) is 0 Å². The number of allylic oxidation sites excluding steroid dienone is 2. The average molecular weight is 326 g/mol. The second kappa shape index (κ2) is 8.45. The third-order valence-corrected chi connectivity index (χ3v) is 4.05. The Morgan fingerprint density at radius 2 is 1.65 bits per heavy atom. The molecule has 0 saturated heterocycles. The first kappa shape index (κ1) is 18.9. The molecule has 0 aliphatic heterocycles. The van der Waals surface area contributed by atoms with Gasteiger partial charge in [0.15, 0.2) is 5.41 Å². The minimum Gasteiger partial charge on any atom is -0.469 e. The normalized spacial score (nSPS) is 22.6. The van der Waals surface area contributed by atoms with E-state index < -0.39 is 29.2 Å². The number of ketones is 1. The summed E-state index contributed by atoms with van der Waals surface area (Å²) < 4.78 is 14.2. The molecule has 1 unspecified atom stereocenters. The van der Waals surface area contributed by atoms with Gasteiger partial charge in [-0.05, 0) is 19.3 Å². The van der Waals surface area contributed by atoms with Crippen molar-refractivity contribution in [1.82, 2.24) is 0 Å². The Balaban J connectivity index is 3.09. The topological polar surface area (TPSA) is 96.0 Å². The number of ether oxygens (including phenoxy) is 3. The maximum Gasteiger partial charge on any atom is 0.323 e. The highest BCUT2D eigenvalue weighted by Gasteiger charge is 2.47. The SMILES string of the molecule is COC(=O)C1C/C=C\CC(C(=O)OC)(C(=O)OC)CCC(=O)C1. The van der Waals surface area contributed by atoms with Crippen molar-refractivity contribution in [3.05, 3.63) is 12.2 Å². The van der Waals surface area contributed by atoms with Gasteiger partial charge in [-0.2, -0.15) is 0 Å². The monoisotopic (exact) mass is 326 g/mol. The van der Waals surface area contributed by atoms with Crippen LogP contribution in [0.25, 0.3) is 0 Å². The van der Waals surface area contributed by atoms with E-state index in [9.17, 15) is 19.2 Å². The molecule has 0 N–H and O–H groups in total. The summed E-state index contributed by atoms with van der Waals surface area (Å²) in [6, 6.07) is 0. The van der Waals surface area contributed by atoms with Crippen molar-refractivity contribution in [2.24, 2.45) is 11.3 Å². The predicted molar refractivity (Wildman–Crippen MR) is 79.2 cm³/mol. The molecule has 7 nitrogen and oxygen atoms in total. The zero-order valence-electron chi connectivity index (χ0n) is 13.6. The fraction of sp³-hybridized carbons (Fsp3) is 0.625.